The first kappa shape index (κ1) is 14.2. The average Bonchev–Trinajstić information content (AvgIpc) is 2.94. The molecule has 0 radical (unpaired) electrons. The predicted molar refractivity (Wildman–Crippen MR) is 80.5 cm³/mol. The summed E-state index contributed by atoms with van der Waals surface area (Å²) in [5.41, 5.74) is 0.786. The molecule has 0 aromatic heterocycles. The van der Waals surface area contributed by atoms with Crippen LogP contribution in [0, 0.1) is 0 Å². The van der Waals surface area contributed by atoms with Gasteiger partial charge in [0.2, 0.25) is 6.79 Å². The van der Waals surface area contributed by atoms with E-state index in [9.17, 15) is 9.59 Å². The Morgan fingerprint density at radius 3 is 2.68 bits per heavy atom. The molecule has 0 fully saturated rings. The fourth-order valence-corrected chi connectivity index (χ4v) is 2.13. The van der Waals surface area contributed by atoms with Crippen molar-refractivity contribution in [3.05, 3.63) is 53.1 Å². The molecule has 0 saturated carbocycles. The van der Waals surface area contributed by atoms with Crippen LogP contribution in [0.2, 0.25) is 5.02 Å². The molecule has 1 aliphatic rings. The Balaban J connectivity index is 1.65. The summed E-state index contributed by atoms with van der Waals surface area (Å²) in [4.78, 5) is 23.8. The summed E-state index contributed by atoms with van der Waals surface area (Å²) in [6, 6.07) is 10.7. The molecule has 0 atom stereocenters. The lowest BCUT2D eigenvalue weighted by Gasteiger charge is -2.07. The number of amides is 3. The molecule has 6 nitrogen and oxygen atoms in total. The Labute approximate surface area is 131 Å². The number of hydrogen-bond acceptors (Lipinski definition) is 4. The second-order valence-corrected chi connectivity index (χ2v) is 4.92. The van der Waals surface area contributed by atoms with E-state index >= 15 is 0 Å². The van der Waals surface area contributed by atoms with E-state index in [1.807, 2.05) is 0 Å². The largest absolute Gasteiger partial charge is 0.454 e. The lowest BCUT2D eigenvalue weighted by atomic mass is 10.2. The zero-order valence-corrected chi connectivity index (χ0v) is 12.0. The van der Waals surface area contributed by atoms with E-state index in [-0.39, 0.29) is 6.79 Å². The van der Waals surface area contributed by atoms with E-state index in [2.05, 4.69) is 10.6 Å². The summed E-state index contributed by atoms with van der Waals surface area (Å²) < 4.78 is 10.3. The summed E-state index contributed by atoms with van der Waals surface area (Å²) in [6.07, 6.45) is 0. The van der Waals surface area contributed by atoms with Crippen LogP contribution in [0.25, 0.3) is 0 Å². The Morgan fingerprint density at radius 1 is 1.05 bits per heavy atom. The zero-order chi connectivity index (χ0) is 15.5. The molecule has 2 aromatic rings. The van der Waals surface area contributed by atoms with Gasteiger partial charge in [-0.2, -0.15) is 0 Å². The molecule has 3 rings (SSSR count). The number of carbonyl (C=O) groups is 2. The van der Waals surface area contributed by atoms with Crippen molar-refractivity contribution in [2.75, 3.05) is 12.1 Å². The summed E-state index contributed by atoms with van der Waals surface area (Å²) in [7, 11) is 0. The third kappa shape index (κ3) is 3.12. The van der Waals surface area contributed by atoms with Crippen molar-refractivity contribution < 1.29 is 19.1 Å². The molecule has 3 amide bonds. The Bertz CT molecular complexity index is 748. The number of nitrogens with one attached hydrogen (secondary N) is 2. The standard InChI is InChI=1S/C15H11ClN2O4/c16-10-2-1-3-11(7-10)17-15(20)18-14(19)9-4-5-12-13(6-9)22-8-21-12/h1-7H,8H2,(H2,17,18,19,20). The van der Waals surface area contributed by atoms with Gasteiger partial charge in [-0.1, -0.05) is 17.7 Å². The lowest BCUT2D eigenvalue weighted by molar-refractivity contribution is 0.0966. The number of fused-ring (bicyclic) bond motifs is 1. The van der Waals surface area contributed by atoms with Crippen molar-refractivity contribution in [1.29, 1.82) is 0 Å². The lowest BCUT2D eigenvalue weighted by Crippen LogP contribution is -2.34. The highest BCUT2D eigenvalue weighted by molar-refractivity contribution is 6.30. The van der Waals surface area contributed by atoms with Crippen LogP contribution in [-0.4, -0.2) is 18.7 Å². The smallest absolute Gasteiger partial charge is 0.326 e. The molecule has 0 bridgehead atoms. The van der Waals surface area contributed by atoms with Gasteiger partial charge in [0.15, 0.2) is 11.5 Å². The van der Waals surface area contributed by atoms with Gasteiger partial charge in [0.25, 0.3) is 5.91 Å². The van der Waals surface area contributed by atoms with Crippen LogP contribution in [0.15, 0.2) is 42.5 Å². The number of ether oxygens (including phenoxy) is 2. The van der Waals surface area contributed by atoms with Crippen molar-refractivity contribution >= 4 is 29.2 Å². The number of urea groups is 1. The minimum Gasteiger partial charge on any atom is -0.454 e. The van der Waals surface area contributed by atoms with Crippen LogP contribution < -0.4 is 20.1 Å². The van der Waals surface area contributed by atoms with Crippen LogP contribution in [0.4, 0.5) is 10.5 Å². The number of rotatable bonds is 2. The molecule has 2 aromatic carbocycles. The summed E-state index contributed by atoms with van der Waals surface area (Å²) in [5, 5.41) is 5.24. The first-order valence-electron chi connectivity index (χ1n) is 6.39. The van der Waals surface area contributed by atoms with E-state index < -0.39 is 11.9 Å². The number of halogens is 1. The molecule has 0 saturated heterocycles. The number of hydrogen-bond donors (Lipinski definition) is 2. The van der Waals surface area contributed by atoms with E-state index in [1.54, 1.807) is 36.4 Å². The monoisotopic (exact) mass is 318 g/mol. The van der Waals surface area contributed by atoms with Crippen LogP contribution >= 0.6 is 11.6 Å². The maximum Gasteiger partial charge on any atom is 0.326 e. The number of benzene rings is 2. The molecule has 2 N–H and O–H groups in total. The Hall–Kier alpha value is -2.73. The van der Waals surface area contributed by atoms with Crippen molar-refractivity contribution in [1.82, 2.24) is 5.32 Å². The highest BCUT2D eigenvalue weighted by Crippen LogP contribution is 2.32. The van der Waals surface area contributed by atoms with Crippen LogP contribution in [-0.2, 0) is 0 Å². The molecule has 0 spiro atoms. The molecule has 1 aliphatic heterocycles. The second kappa shape index (κ2) is 5.95. The molecular formula is C15H11ClN2O4. The topological polar surface area (TPSA) is 76.7 Å². The predicted octanol–water partition coefficient (Wildman–Crippen LogP) is 3.03. The molecule has 0 unspecified atom stereocenters. The Morgan fingerprint density at radius 2 is 1.86 bits per heavy atom. The first-order valence-corrected chi connectivity index (χ1v) is 6.77. The zero-order valence-electron chi connectivity index (χ0n) is 11.3. The van der Waals surface area contributed by atoms with Gasteiger partial charge in [-0.25, -0.2) is 4.79 Å². The third-order valence-corrected chi connectivity index (χ3v) is 3.18. The maximum absolute atomic E-state index is 12.0. The second-order valence-electron chi connectivity index (χ2n) is 4.49. The average molecular weight is 319 g/mol. The summed E-state index contributed by atoms with van der Waals surface area (Å²) in [6.45, 7) is 0.121. The summed E-state index contributed by atoms with van der Waals surface area (Å²) in [5.74, 6) is 0.501. The van der Waals surface area contributed by atoms with Crippen molar-refractivity contribution in [2.24, 2.45) is 0 Å². The fraction of sp³-hybridized carbons (Fsp3) is 0.0667. The van der Waals surface area contributed by atoms with E-state index in [0.717, 1.165) is 0 Å². The summed E-state index contributed by atoms with van der Waals surface area (Å²) >= 11 is 5.82. The SMILES string of the molecule is O=C(NC(=O)c1ccc2c(c1)OCO2)Nc1cccc(Cl)c1. The third-order valence-electron chi connectivity index (χ3n) is 2.94. The van der Waals surface area contributed by atoms with Gasteiger partial charge >= 0.3 is 6.03 Å². The van der Waals surface area contributed by atoms with Crippen molar-refractivity contribution in [3.63, 3.8) is 0 Å². The molecule has 22 heavy (non-hydrogen) atoms. The van der Waals surface area contributed by atoms with Crippen molar-refractivity contribution in [3.8, 4) is 11.5 Å². The highest BCUT2D eigenvalue weighted by atomic mass is 35.5. The highest BCUT2D eigenvalue weighted by Gasteiger charge is 2.17. The quantitative estimate of drug-likeness (QED) is 0.892. The van der Waals surface area contributed by atoms with E-state index in [0.29, 0.717) is 27.8 Å². The van der Waals surface area contributed by atoms with Gasteiger partial charge in [0, 0.05) is 16.3 Å². The molecule has 0 aliphatic carbocycles. The first-order chi connectivity index (χ1) is 10.6. The van der Waals surface area contributed by atoms with Crippen LogP contribution in [0.5, 0.6) is 11.5 Å². The fourth-order valence-electron chi connectivity index (χ4n) is 1.94. The molecule has 7 heteroatoms. The van der Waals surface area contributed by atoms with Gasteiger partial charge < -0.3 is 14.8 Å². The van der Waals surface area contributed by atoms with Gasteiger partial charge in [0.1, 0.15) is 0 Å². The number of carbonyl (C=O) groups excluding carboxylic acids is 2. The molecule has 112 valence electrons. The van der Waals surface area contributed by atoms with E-state index in [4.69, 9.17) is 21.1 Å². The Kier molecular flexibility index (Phi) is 3.84. The van der Waals surface area contributed by atoms with Gasteiger partial charge in [-0.3, -0.25) is 10.1 Å². The normalized spacial score (nSPS) is 11.9. The van der Waals surface area contributed by atoms with Crippen molar-refractivity contribution in [2.45, 2.75) is 0 Å². The minimum absolute atomic E-state index is 0.121. The maximum atomic E-state index is 12.0. The molecular weight excluding hydrogens is 308 g/mol. The number of imide groups is 1. The van der Waals surface area contributed by atoms with Crippen LogP contribution in [0.1, 0.15) is 10.4 Å². The van der Waals surface area contributed by atoms with Crippen LogP contribution in [0.3, 0.4) is 0 Å². The van der Waals surface area contributed by atoms with Gasteiger partial charge in [0.05, 0.1) is 0 Å². The molecule has 1 heterocycles. The number of anilines is 1. The van der Waals surface area contributed by atoms with Gasteiger partial charge in [-0.05, 0) is 36.4 Å². The van der Waals surface area contributed by atoms with E-state index in [1.165, 1.54) is 6.07 Å². The minimum atomic E-state index is -0.648. The van der Waals surface area contributed by atoms with Gasteiger partial charge in [-0.15, -0.1) is 0 Å².